The van der Waals surface area contributed by atoms with E-state index in [0.29, 0.717) is 10.7 Å². The average molecular weight is 422 g/mol. The van der Waals surface area contributed by atoms with Gasteiger partial charge in [0.1, 0.15) is 17.4 Å². The number of rotatable bonds is 6. The minimum atomic E-state index is -0.567. The molecular formula is C22H16ClN3O2S. The van der Waals surface area contributed by atoms with E-state index in [1.54, 1.807) is 6.07 Å². The molecule has 3 aromatic carbocycles. The summed E-state index contributed by atoms with van der Waals surface area (Å²) >= 11 is 7.41. The highest BCUT2D eigenvalue weighted by Gasteiger charge is 2.13. The van der Waals surface area contributed by atoms with E-state index in [1.807, 2.05) is 54.6 Å². The van der Waals surface area contributed by atoms with Crippen molar-refractivity contribution >= 4 is 40.6 Å². The van der Waals surface area contributed by atoms with Gasteiger partial charge in [0.05, 0.1) is 11.4 Å². The van der Waals surface area contributed by atoms with Crippen LogP contribution in [0, 0.1) is 11.3 Å². The third-order valence-electron chi connectivity index (χ3n) is 3.80. The molecule has 0 fully saturated rings. The van der Waals surface area contributed by atoms with Crippen molar-refractivity contribution in [1.29, 1.82) is 5.26 Å². The minimum absolute atomic E-state index is 0.0482. The van der Waals surface area contributed by atoms with Crippen molar-refractivity contribution in [2.24, 2.45) is 0 Å². The summed E-state index contributed by atoms with van der Waals surface area (Å²) in [4.78, 5) is 14.5. The van der Waals surface area contributed by atoms with Crippen molar-refractivity contribution in [3.8, 4) is 11.8 Å². The van der Waals surface area contributed by atoms with E-state index in [1.165, 1.54) is 36.2 Å². The Morgan fingerprint density at radius 1 is 1.03 bits per heavy atom. The van der Waals surface area contributed by atoms with E-state index in [2.05, 4.69) is 10.6 Å². The number of anilines is 2. The molecule has 3 N–H and O–H groups in total. The Balaban J connectivity index is 1.76. The van der Waals surface area contributed by atoms with Crippen molar-refractivity contribution in [3.63, 3.8) is 0 Å². The number of nitrogens with zero attached hydrogens (tertiary/aromatic N) is 1. The van der Waals surface area contributed by atoms with Gasteiger partial charge < -0.3 is 15.7 Å². The van der Waals surface area contributed by atoms with Gasteiger partial charge in [-0.3, -0.25) is 4.79 Å². The first-order valence-corrected chi connectivity index (χ1v) is 9.75. The SMILES string of the molecule is N#C/C(=C/Nc1cc(Cl)ccc1O)C(=O)Nc1ccccc1Sc1ccccc1. The lowest BCUT2D eigenvalue weighted by molar-refractivity contribution is -0.112. The third kappa shape index (κ3) is 5.55. The van der Waals surface area contributed by atoms with Gasteiger partial charge in [0.25, 0.3) is 5.91 Å². The average Bonchev–Trinajstić information content (AvgIpc) is 2.73. The number of aromatic hydroxyl groups is 1. The van der Waals surface area contributed by atoms with Gasteiger partial charge in [-0.15, -0.1) is 0 Å². The zero-order valence-corrected chi connectivity index (χ0v) is 16.7. The quantitative estimate of drug-likeness (QED) is 0.272. The summed E-state index contributed by atoms with van der Waals surface area (Å²) in [6.45, 7) is 0. The van der Waals surface area contributed by atoms with Gasteiger partial charge in [-0.1, -0.05) is 53.7 Å². The maximum Gasteiger partial charge on any atom is 0.267 e. The summed E-state index contributed by atoms with van der Waals surface area (Å²) in [5, 5.41) is 25.1. The Kier molecular flexibility index (Phi) is 6.80. The number of nitriles is 1. The highest BCUT2D eigenvalue weighted by Crippen LogP contribution is 2.33. The zero-order chi connectivity index (χ0) is 20.6. The fourth-order valence-corrected chi connectivity index (χ4v) is 3.48. The van der Waals surface area contributed by atoms with Crippen LogP contribution in [0.4, 0.5) is 11.4 Å². The van der Waals surface area contributed by atoms with Crippen molar-refractivity contribution < 1.29 is 9.90 Å². The molecule has 0 bridgehead atoms. The molecule has 0 aliphatic rings. The largest absolute Gasteiger partial charge is 0.506 e. The fraction of sp³-hybridized carbons (Fsp3) is 0. The summed E-state index contributed by atoms with van der Waals surface area (Å²) in [6.07, 6.45) is 1.23. The first-order chi connectivity index (χ1) is 14.1. The van der Waals surface area contributed by atoms with Gasteiger partial charge in [-0.25, -0.2) is 0 Å². The lowest BCUT2D eigenvalue weighted by Crippen LogP contribution is -2.15. The van der Waals surface area contributed by atoms with Crippen LogP contribution in [0.3, 0.4) is 0 Å². The standard InChI is InChI=1S/C22H16ClN3O2S/c23-16-10-11-20(27)19(12-16)25-14-15(13-24)22(28)26-18-8-4-5-9-21(18)29-17-6-2-1-3-7-17/h1-12,14,25,27H,(H,26,28)/b15-14-. The van der Waals surface area contributed by atoms with Crippen LogP contribution < -0.4 is 10.6 Å². The fourth-order valence-electron chi connectivity index (χ4n) is 2.39. The highest BCUT2D eigenvalue weighted by atomic mass is 35.5. The first-order valence-electron chi connectivity index (χ1n) is 8.55. The number of hydrogen-bond donors (Lipinski definition) is 3. The van der Waals surface area contributed by atoms with E-state index in [-0.39, 0.29) is 17.0 Å². The van der Waals surface area contributed by atoms with Crippen LogP contribution >= 0.6 is 23.4 Å². The number of carbonyl (C=O) groups excluding carboxylic acids is 1. The Hall–Kier alpha value is -3.40. The molecule has 0 aliphatic carbocycles. The summed E-state index contributed by atoms with van der Waals surface area (Å²) in [5.74, 6) is -0.615. The second-order valence-corrected chi connectivity index (χ2v) is 7.39. The molecule has 1 amide bonds. The van der Waals surface area contributed by atoms with Crippen LogP contribution in [-0.2, 0) is 4.79 Å². The number of nitrogens with one attached hydrogen (secondary N) is 2. The molecule has 0 saturated carbocycles. The Morgan fingerprint density at radius 3 is 2.52 bits per heavy atom. The summed E-state index contributed by atoms with van der Waals surface area (Å²) in [7, 11) is 0. The van der Waals surface area contributed by atoms with Crippen molar-refractivity contribution in [2.75, 3.05) is 10.6 Å². The van der Waals surface area contributed by atoms with E-state index in [0.717, 1.165) is 9.79 Å². The normalized spacial score (nSPS) is 10.8. The van der Waals surface area contributed by atoms with Gasteiger partial charge in [0.15, 0.2) is 0 Å². The number of halogens is 1. The molecule has 0 aliphatic heterocycles. The Labute approximate surface area is 177 Å². The van der Waals surface area contributed by atoms with E-state index in [9.17, 15) is 15.2 Å². The minimum Gasteiger partial charge on any atom is -0.506 e. The topological polar surface area (TPSA) is 85.2 Å². The number of carbonyl (C=O) groups is 1. The predicted octanol–water partition coefficient (Wildman–Crippen LogP) is 5.65. The zero-order valence-electron chi connectivity index (χ0n) is 15.1. The molecule has 0 heterocycles. The van der Waals surface area contributed by atoms with Crippen molar-refractivity contribution in [3.05, 3.63) is 89.6 Å². The van der Waals surface area contributed by atoms with Gasteiger partial charge >= 0.3 is 0 Å². The molecule has 0 aromatic heterocycles. The van der Waals surface area contributed by atoms with Crippen molar-refractivity contribution in [1.82, 2.24) is 0 Å². The molecule has 144 valence electrons. The Bertz CT molecular complexity index is 1090. The van der Waals surface area contributed by atoms with Crippen molar-refractivity contribution in [2.45, 2.75) is 9.79 Å². The predicted molar refractivity (Wildman–Crippen MR) is 116 cm³/mol. The number of para-hydroxylation sites is 1. The number of benzene rings is 3. The molecule has 0 saturated heterocycles. The van der Waals surface area contributed by atoms with Gasteiger partial charge in [-0.05, 0) is 42.5 Å². The molecule has 7 heteroatoms. The third-order valence-corrected chi connectivity index (χ3v) is 5.12. The lowest BCUT2D eigenvalue weighted by Gasteiger charge is -2.11. The van der Waals surface area contributed by atoms with Gasteiger partial charge in [-0.2, -0.15) is 5.26 Å². The van der Waals surface area contributed by atoms with Crippen LogP contribution in [-0.4, -0.2) is 11.0 Å². The van der Waals surface area contributed by atoms with Crippen LogP contribution in [0.5, 0.6) is 5.75 Å². The highest BCUT2D eigenvalue weighted by molar-refractivity contribution is 7.99. The summed E-state index contributed by atoms with van der Waals surface area (Å²) < 4.78 is 0. The molecule has 3 aromatic rings. The molecular weight excluding hydrogens is 406 g/mol. The lowest BCUT2D eigenvalue weighted by atomic mass is 10.2. The monoisotopic (exact) mass is 421 g/mol. The van der Waals surface area contributed by atoms with Crippen LogP contribution in [0.25, 0.3) is 0 Å². The van der Waals surface area contributed by atoms with Crippen LogP contribution in [0.2, 0.25) is 5.02 Å². The van der Waals surface area contributed by atoms with Crippen LogP contribution in [0.15, 0.2) is 94.4 Å². The van der Waals surface area contributed by atoms with E-state index in [4.69, 9.17) is 11.6 Å². The number of hydrogen-bond acceptors (Lipinski definition) is 5. The first kappa shape index (κ1) is 20.3. The maximum absolute atomic E-state index is 12.6. The number of phenolic OH excluding ortho intramolecular Hbond substituents is 1. The Morgan fingerprint density at radius 2 is 1.76 bits per heavy atom. The van der Waals surface area contributed by atoms with E-state index < -0.39 is 5.91 Å². The smallest absolute Gasteiger partial charge is 0.267 e. The second-order valence-electron chi connectivity index (χ2n) is 5.84. The summed E-state index contributed by atoms with van der Waals surface area (Å²) in [6, 6.07) is 23.4. The van der Waals surface area contributed by atoms with Crippen LogP contribution in [0.1, 0.15) is 0 Å². The molecule has 0 radical (unpaired) electrons. The molecule has 0 unspecified atom stereocenters. The molecule has 29 heavy (non-hydrogen) atoms. The van der Waals surface area contributed by atoms with E-state index >= 15 is 0 Å². The second kappa shape index (κ2) is 9.69. The number of amides is 1. The van der Waals surface area contributed by atoms with Gasteiger partial charge in [0, 0.05) is 21.0 Å². The molecule has 0 spiro atoms. The molecule has 3 rings (SSSR count). The maximum atomic E-state index is 12.6. The molecule has 0 atom stereocenters. The summed E-state index contributed by atoms with van der Waals surface area (Å²) in [5.41, 5.74) is 0.736. The molecule has 5 nitrogen and oxygen atoms in total. The van der Waals surface area contributed by atoms with Gasteiger partial charge in [0.2, 0.25) is 0 Å². The number of phenols is 1.